The van der Waals surface area contributed by atoms with Crippen LogP contribution in [0.15, 0.2) is 66.9 Å². The molecule has 0 amide bonds. The van der Waals surface area contributed by atoms with Crippen molar-refractivity contribution in [2.24, 2.45) is 0 Å². The molecule has 0 bridgehead atoms. The van der Waals surface area contributed by atoms with E-state index in [0.29, 0.717) is 23.8 Å². The molecule has 0 aliphatic rings. The van der Waals surface area contributed by atoms with Gasteiger partial charge in [0.15, 0.2) is 17.4 Å². The number of aromatic nitrogens is 5. The lowest BCUT2D eigenvalue weighted by atomic mass is 10.2. The Kier molecular flexibility index (Phi) is 5.92. The number of halogens is 2. The molecule has 1 N–H and O–H groups in total. The van der Waals surface area contributed by atoms with Gasteiger partial charge >= 0.3 is 0 Å². The Morgan fingerprint density at radius 2 is 1.66 bits per heavy atom. The van der Waals surface area contributed by atoms with E-state index >= 15 is 0 Å². The second-order valence-corrected chi connectivity index (χ2v) is 7.61. The highest BCUT2D eigenvalue weighted by molar-refractivity contribution is 5.92. The summed E-state index contributed by atoms with van der Waals surface area (Å²) in [5.41, 5.74) is 2.65. The van der Waals surface area contributed by atoms with Crippen molar-refractivity contribution in [3.05, 3.63) is 84.3 Å². The molecule has 5 rings (SSSR count). The van der Waals surface area contributed by atoms with Gasteiger partial charge in [-0.15, -0.1) is 0 Å². The van der Waals surface area contributed by atoms with Gasteiger partial charge < -0.3 is 14.8 Å². The van der Waals surface area contributed by atoms with Crippen molar-refractivity contribution < 1.29 is 18.3 Å². The van der Waals surface area contributed by atoms with Gasteiger partial charge in [0.1, 0.15) is 11.4 Å². The Hall–Kier alpha value is -4.60. The van der Waals surface area contributed by atoms with Crippen molar-refractivity contribution in [3.63, 3.8) is 0 Å². The predicted molar refractivity (Wildman–Crippen MR) is 127 cm³/mol. The van der Waals surface area contributed by atoms with Crippen LogP contribution in [0.2, 0.25) is 0 Å². The minimum Gasteiger partial charge on any atom is -0.497 e. The van der Waals surface area contributed by atoms with Crippen LogP contribution in [0.1, 0.15) is 5.56 Å². The maximum Gasteiger partial charge on any atom is 0.217 e. The number of nitrogens with zero attached hydrogens (tertiary/aromatic N) is 5. The fourth-order valence-electron chi connectivity index (χ4n) is 3.71. The molecule has 0 saturated carbocycles. The molecule has 0 atom stereocenters. The van der Waals surface area contributed by atoms with Gasteiger partial charge in [-0.2, -0.15) is 18.9 Å². The van der Waals surface area contributed by atoms with Gasteiger partial charge in [-0.25, -0.2) is 9.97 Å². The van der Waals surface area contributed by atoms with E-state index in [9.17, 15) is 8.78 Å². The minimum absolute atomic E-state index is 0.132. The van der Waals surface area contributed by atoms with Crippen molar-refractivity contribution in [2.75, 3.05) is 19.5 Å². The molecule has 5 aromatic rings. The zero-order valence-electron chi connectivity index (χ0n) is 18.9. The molecule has 0 fully saturated rings. The average molecular weight is 474 g/mol. The van der Waals surface area contributed by atoms with Crippen molar-refractivity contribution in [3.8, 4) is 23.0 Å². The zero-order valence-corrected chi connectivity index (χ0v) is 18.9. The van der Waals surface area contributed by atoms with Crippen LogP contribution in [0, 0.1) is 11.9 Å². The highest BCUT2D eigenvalue weighted by Crippen LogP contribution is 2.31. The zero-order chi connectivity index (χ0) is 24.4. The van der Waals surface area contributed by atoms with E-state index in [4.69, 9.17) is 14.6 Å². The number of para-hydroxylation sites is 1. The lowest BCUT2D eigenvalue weighted by Gasteiger charge is -2.11. The van der Waals surface area contributed by atoms with E-state index in [1.807, 2.05) is 53.2 Å². The quantitative estimate of drug-likeness (QED) is 0.333. The van der Waals surface area contributed by atoms with Crippen LogP contribution < -0.4 is 14.8 Å². The normalized spacial score (nSPS) is 11.0. The highest BCUT2D eigenvalue weighted by atomic mass is 19.1. The van der Waals surface area contributed by atoms with Gasteiger partial charge in [0.05, 0.1) is 32.5 Å². The predicted octanol–water partition coefficient (Wildman–Crippen LogP) is 4.98. The number of hydrogen-bond acceptors (Lipinski definition) is 7. The highest BCUT2D eigenvalue weighted by Gasteiger charge is 2.18. The van der Waals surface area contributed by atoms with Crippen molar-refractivity contribution in [1.82, 2.24) is 24.7 Å². The number of nitrogens with one attached hydrogen (secondary N) is 1. The standard InChI is InChI=1S/C25H20F2N6O2/c1-34-17-9-7-15(8-10-17)14-33-19-6-4-3-5-18(19)23(32-33)25-28-13-20(35-2)24(31-25)29-16-11-21(26)30-22(27)12-16/h3-13H,14H2,1-2H3,(H,28,29,30,31). The minimum atomic E-state index is -0.955. The Morgan fingerprint density at radius 3 is 2.37 bits per heavy atom. The smallest absolute Gasteiger partial charge is 0.217 e. The number of anilines is 2. The lowest BCUT2D eigenvalue weighted by Crippen LogP contribution is -2.04. The van der Waals surface area contributed by atoms with Gasteiger partial charge in [-0.3, -0.25) is 4.68 Å². The van der Waals surface area contributed by atoms with E-state index in [1.165, 1.54) is 13.3 Å². The second kappa shape index (κ2) is 9.34. The van der Waals surface area contributed by atoms with Crippen LogP contribution in [0.3, 0.4) is 0 Å². The van der Waals surface area contributed by atoms with Crippen LogP contribution >= 0.6 is 0 Å². The van der Waals surface area contributed by atoms with Crippen LogP contribution in [0.4, 0.5) is 20.3 Å². The summed E-state index contributed by atoms with van der Waals surface area (Å²) in [5, 5.41) is 8.53. The molecule has 2 aromatic carbocycles. The van der Waals surface area contributed by atoms with E-state index in [2.05, 4.69) is 20.3 Å². The lowest BCUT2D eigenvalue weighted by molar-refractivity contribution is 0.413. The Morgan fingerprint density at radius 1 is 0.914 bits per heavy atom. The Balaban J connectivity index is 1.55. The summed E-state index contributed by atoms with van der Waals surface area (Å²) >= 11 is 0. The molecule has 8 nitrogen and oxygen atoms in total. The summed E-state index contributed by atoms with van der Waals surface area (Å²) < 4.78 is 39.6. The monoisotopic (exact) mass is 474 g/mol. The number of ether oxygens (including phenoxy) is 2. The Labute approximate surface area is 199 Å². The summed E-state index contributed by atoms with van der Waals surface area (Å²) in [6, 6.07) is 17.6. The summed E-state index contributed by atoms with van der Waals surface area (Å²) in [5.74, 6) is -0.272. The molecule has 0 aliphatic heterocycles. The van der Waals surface area contributed by atoms with Crippen LogP contribution in [-0.4, -0.2) is 39.0 Å². The first-order valence-corrected chi connectivity index (χ1v) is 10.6. The molecule has 0 aliphatic carbocycles. The van der Waals surface area contributed by atoms with Crippen molar-refractivity contribution in [2.45, 2.75) is 6.54 Å². The van der Waals surface area contributed by atoms with Crippen LogP contribution in [0.25, 0.3) is 22.4 Å². The molecule has 3 heterocycles. The van der Waals surface area contributed by atoms with Gasteiger partial charge in [0, 0.05) is 23.2 Å². The third kappa shape index (κ3) is 4.58. The first-order chi connectivity index (χ1) is 17.0. The largest absolute Gasteiger partial charge is 0.497 e. The van der Waals surface area contributed by atoms with Crippen LogP contribution in [-0.2, 0) is 6.54 Å². The van der Waals surface area contributed by atoms with E-state index < -0.39 is 11.9 Å². The third-order valence-corrected chi connectivity index (χ3v) is 5.36. The summed E-state index contributed by atoms with van der Waals surface area (Å²) in [6.45, 7) is 0.529. The summed E-state index contributed by atoms with van der Waals surface area (Å²) in [6.07, 6.45) is 1.48. The first kappa shape index (κ1) is 22.2. The number of rotatable bonds is 7. The molecule has 176 valence electrons. The van der Waals surface area contributed by atoms with E-state index in [0.717, 1.165) is 34.3 Å². The van der Waals surface area contributed by atoms with E-state index in [1.54, 1.807) is 7.11 Å². The topological polar surface area (TPSA) is 87.0 Å². The molecule has 35 heavy (non-hydrogen) atoms. The molecule has 0 spiro atoms. The molecular weight excluding hydrogens is 454 g/mol. The fourth-order valence-corrected chi connectivity index (χ4v) is 3.71. The second-order valence-electron chi connectivity index (χ2n) is 7.61. The molecule has 0 saturated heterocycles. The van der Waals surface area contributed by atoms with E-state index in [-0.39, 0.29) is 11.5 Å². The van der Waals surface area contributed by atoms with Crippen LogP contribution in [0.5, 0.6) is 11.5 Å². The van der Waals surface area contributed by atoms with Gasteiger partial charge in [-0.05, 0) is 23.8 Å². The number of methoxy groups -OCH3 is 2. The van der Waals surface area contributed by atoms with Crippen molar-refractivity contribution in [1.29, 1.82) is 0 Å². The number of benzene rings is 2. The molecular formula is C25H20F2N6O2. The number of pyridine rings is 1. The molecule has 0 radical (unpaired) electrons. The number of hydrogen-bond donors (Lipinski definition) is 1. The van der Waals surface area contributed by atoms with Gasteiger partial charge in [-0.1, -0.05) is 30.3 Å². The van der Waals surface area contributed by atoms with Gasteiger partial charge in [0.2, 0.25) is 11.9 Å². The third-order valence-electron chi connectivity index (χ3n) is 5.36. The Bertz CT molecular complexity index is 1480. The van der Waals surface area contributed by atoms with Gasteiger partial charge in [0.25, 0.3) is 0 Å². The average Bonchev–Trinajstić information content (AvgIpc) is 3.22. The van der Waals surface area contributed by atoms with Crippen molar-refractivity contribution >= 4 is 22.4 Å². The summed E-state index contributed by atoms with van der Waals surface area (Å²) in [4.78, 5) is 12.1. The molecule has 0 unspecified atom stereocenters. The molecule has 3 aromatic heterocycles. The maximum absolute atomic E-state index is 13.6. The first-order valence-electron chi connectivity index (χ1n) is 10.6. The fraction of sp³-hybridized carbons (Fsp3) is 0.120. The molecule has 10 heteroatoms. The SMILES string of the molecule is COc1ccc(Cn2nc(-c3ncc(OC)c(Nc4cc(F)nc(F)c4)n3)c3ccccc32)cc1. The number of fused-ring (bicyclic) bond motifs is 1. The summed E-state index contributed by atoms with van der Waals surface area (Å²) in [7, 11) is 3.08. The maximum atomic E-state index is 13.6.